The standard InChI is InChI=1S/C15H24O/c1-8(2)10-5-6-15(4)13-9(3)7-11(16)14(15)12(10)13/h7-8,10-14,16H,5-6H2,1-4H3/t10-,11-,12?,13-,14?,15?/m1/s1. The van der Waals surface area contributed by atoms with Crippen molar-refractivity contribution < 1.29 is 5.11 Å². The summed E-state index contributed by atoms with van der Waals surface area (Å²) in [7, 11) is 0. The van der Waals surface area contributed by atoms with Crippen LogP contribution >= 0.6 is 0 Å². The van der Waals surface area contributed by atoms with E-state index in [1.165, 1.54) is 18.4 Å². The number of aliphatic hydroxyl groups is 1. The van der Waals surface area contributed by atoms with Crippen LogP contribution in [-0.4, -0.2) is 11.2 Å². The van der Waals surface area contributed by atoms with Gasteiger partial charge in [-0.25, -0.2) is 0 Å². The van der Waals surface area contributed by atoms with E-state index in [2.05, 4.69) is 33.8 Å². The third-order valence-corrected chi connectivity index (χ3v) is 5.93. The zero-order valence-electron chi connectivity index (χ0n) is 10.9. The molecule has 4 bridgehead atoms. The van der Waals surface area contributed by atoms with Crippen LogP contribution in [0.15, 0.2) is 11.6 Å². The van der Waals surface area contributed by atoms with Gasteiger partial charge in [-0.1, -0.05) is 32.4 Å². The zero-order valence-corrected chi connectivity index (χ0v) is 10.9. The van der Waals surface area contributed by atoms with Crippen LogP contribution in [0.2, 0.25) is 0 Å². The summed E-state index contributed by atoms with van der Waals surface area (Å²) in [6.07, 6.45) is 4.66. The van der Waals surface area contributed by atoms with Crippen molar-refractivity contribution in [2.45, 2.75) is 46.6 Å². The highest BCUT2D eigenvalue weighted by Gasteiger charge is 2.67. The quantitative estimate of drug-likeness (QED) is 0.673. The van der Waals surface area contributed by atoms with Gasteiger partial charge in [0.05, 0.1) is 6.10 Å². The first-order valence-electron chi connectivity index (χ1n) is 6.83. The Morgan fingerprint density at radius 2 is 2.12 bits per heavy atom. The molecule has 4 aliphatic rings. The van der Waals surface area contributed by atoms with Gasteiger partial charge < -0.3 is 5.11 Å². The second-order valence-electron chi connectivity index (χ2n) is 6.93. The Balaban J connectivity index is 1.99. The molecular formula is C15H24O. The Hall–Kier alpha value is -0.300. The fourth-order valence-corrected chi connectivity index (χ4v) is 5.38. The molecule has 4 aliphatic carbocycles. The highest BCUT2D eigenvalue weighted by Crippen LogP contribution is 2.71. The molecule has 0 aliphatic heterocycles. The van der Waals surface area contributed by atoms with Crippen LogP contribution < -0.4 is 0 Å². The Morgan fingerprint density at radius 3 is 2.69 bits per heavy atom. The second kappa shape index (κ2) is 3.13. The third kappa shape index (κ3) is 1.06. The molecule has 0 aromatic carbocycles. The van der Waals surface area contributed by atoms with Crippen molar-refractivity contribution in [3.8, 4) is 0 Å². The summed E-state index contributed by atoms with van der Waals surface area (Å²) in [5.41, 5.74) is 1.89. The maximum absolute atomic E-state index is 10.3. The molecule has 0 heterocycles. The first-order chi connectivity index (χ1) is 7.47. The van der Waals surface area contributed by atoms with Gasteiger partial charge in [0.25, 0.3) is 0 Å². The molecule has 6 atom stereocenters. The van der Waals surface area contributed by atoms with Crippen molar-refractivity contribution in [2.24, 2.45) is 35.0 Å². The van der Waals surface area contributed by atoms with Gasteiger partial charge in [-0.05, 0) is 54.8 Å². The molecule has 16 heavy (non-hydrogen) atoms. The summed E-state index contributed by atoms with van der Waals surface area (Å²) in [6.45, 7) is 9.35. The molecule has 2 saturated carbocycles. The molecule has 90 valence electrons. The minimum Gasteiger partial charge on any atom is -0.389 e. The normalized spacial score (nSPS) is 54.6. The first kappa shape index (κ1) is 10.8. The summed E-state index contributed by atoms with van der Waals surface area (Å²) >= 11 is 0. The summed E-state index contributed by atoms with van der Waals surface area (Å²) in [6, 6.07) is 0. The molecule has 1 nitrogen and oxygen atoms in total. The lowest BCUT2D eigenvalue weighted by Crippen LogP contribution is -2.67. The number of allylic oxidation sites excluding steroid dienone is 1. The van der Waals surface area contributed by atoms with E-state index < -0.39 is 0 Å². The monoisotopic (exact) mass is 220 g/mol. The first-order valence-corrected chi connectivity index (χ1v) is 6.83. The molecular weight excluding hydrogens is 196 g/mol. The van der Waals surface area contributed by atoms with Crippen LogP contribution in [-0.2, 0) is 0 Å². The van der Waals surface area contributed by atoms with Crippen molar-refractivity contribution in [2.75, 3.05) is 0 Å². The van der Waals surface area contributed by atoms with E-state index in [0.717, 1.165) is 23.7 Å². The van der Waals surface area contributed by atoms with Gasteiger partial charge in [0, 0.05) is 0 Å². The van der Waals surface area contributed by atoms with Crippen LogP contribution in [0.3, 0.4) is 0 Å². The number of fused-ring (bicyclic) bond motifs is 1. The summed E-state index contributed by atoms with van der Waals surface area (Å²) in [5.74, 6) is 3.73. The van der Waals surface area contributed by atoms with E-state index in [1.807, 2.05) is 0 Å². The minimum absolute atomic E-state index is 0.165. The van der Waals surface area contributed by atoms with Crippen molar-refractivity contribution in [3.05, 3.63) is 11.6 Å². The number of hydrogen-bond donors (Lipinski definition) is 1. The molecule has 2 fully saturated rings. The van der Waals surface area contributed by atoms with E-state index in [9.17, 15) is 5.11 Å². The predicted molar refractivity (Wildman–Crippen MR) is 65.9 cm³/mol. The van der Waals surface area contributed by atoms with Gasteiger partial charge in [0.1, 0.15) is 0 Å². The maximum atomic E-state index is 10.3. The van der Waals surface area contributed by atoms with Crippen molar-refractivity contribution in [3.63, 3.8) is 0 Å². The smallest absolute Gasteiger partial charge is 0.0760 e. The SMILES string of the molecule is CC1=C[C@@H](O)C2C3[C@@H](C(C)C)CCC2(C)[C@H]13. The Kier molecular flexibility index (Phi) is 2.12. The largest absolute Gasteiger partial charge is 0.389 e. The average molecular weight is 220 g/mol. The van der Waals surface area contributed by atoms with E-state index in [1.54, 1.807) is 0 Å². The van der Waals surface area contributed by atoms with Crippen molar-refractivity contribution >= 4 is 0 Å². The van der Waals surface area contributed by atoms with E-state index in [4.69, 9.17) is 0 Å². The van der Waals surface area contributed by atoms with E-state index in [-0.39, 0.29) is 6.10 Å². The van der Waals surface area contributed by atoms with Gasteiger partial charge >= 0.3 is 0 Å². The number of aliphatic hydroxyl groups excluding tert-OH is 1. The Labute approximate surface area is 98.9 Å². The molecule has 0 radical (unpaired) electrons. The number of hydrogen-bond acceptors (Lipinski definition) is 1. The predicted octanol–water partition coefficient (Wildman–Crippen LogP) is 3.24. The lowest BCUT2D eigenvalue weighted by Gasteiger charge is -2.71. The van der Waals surface area contributed by atoms with Crippen molar-refractivity contribution in [1.82, 2.24) is 0 Å². The molecule has 0 amide bonds. The highest BCUT2D eigenvalue weighted by atomic mass is 16.3. The fourth-order valence-electron chi connectivity index (χ4n) is 5.38. The van der Waals surface area contributed by atoms with Crippen LogP contribution in [0.5, 0.6) is 0 Å². The summed E-state index contributed by atoms with van der Waals surface area (Å²) < 4.78 is 0. The maximum Gasteiger partial charge on any atom is 0.0760 e. The van der Waals surface area contributed by atoms with E-state index >= 15 is 0 Å². The van der Waals surface area contributed by atoms with Gasteiger partial charge in [-0.3, -0.25) is 0 Å². The lowest BCUT2D eigenvalue weighted by molar-refractivity contribution is -0.215. The minimum atomic E-state index is -0.165. The van der Waals surface area contributed by atoms with Gasteiger partial charge in [-0.2, -0.15) is 0 Å². The van der Waals surface area contributed by atoms with Crippen LogP contribution in [0, 0.1) is 35.0 Å². The molecule has 4 rings (SSSR count). The highest BCUT2D eigenvalue weighted by molar-refractivity contribution is 5.31. The average Bonchev–Trinajstić information content (AvgIpc) is 2.15. The van der Waals surface area contributed by atoms with Gasteiger partial charge in [-0.15, -0.1) is 0 Å². The third-order valence-electron chi connectivity index (χ3n) is 5.93. The summed E-state index contributed by atoms with van der Waals surface area (Å²) in [4.78, 5) is 0. The molecule has 0 saturated heterocycles. The summed E-state index contributed by atoms with van der Waals surface area (Å²) in [5, 5.41) is 10.3. The Bertz CT molecular complexity index is 343. The molecule has 3 unspecified atom stereocenters. The van der Waals surface area contributed by atoms with Gasteiger partial charge in [0.15, 0.2) is 0 Å². The molecule has 0 spiro atoms. The molecule has 0 aromatic heterocycles. The Morgan fingerprint density at radius 1 is 1.44 bits per heavy atom. The molecule has 1 N–H and O–H groups in total. The second-order valence-corrected chi connectivity index (χ2v) is 6.93. The molecule has 0 aromatic rings. The van der Waals surface area contributed by atoms with Crippen LogP contribution in [0.4, 0.5) is 0 Å². The zero-order chi connectivity index (χ0) is 11.7. The van der Waals surface area contributed by atoms with Crippen LogP contribution in [0.1, 0.15) is 40.5 Å². The van der Waals surface area contributed by atoms with Gasteiger partial charge in [0.2, 0.25) is 0 Å². The van der Waals surface area contributed by atoms with Crippen molar-refractivity contribution in [1.29, 1.82) is 0 Å². The lowest BCUT2D eigenvalue weighted by atomic mass is 9.34. The topological polar surface area (TPSA) is 20.2 Å². The van der Waals surface area contributed by atoms with E-state index in [0.29, 0.717) is 11.3 Å². The van der Waals surface area contributed by atoms with Crippen LogP contribution in [0.25, 0.3) is 0 Å². The fraction of sp³-hybridized carbons (Fsp3) is 0.867. The molecule has 1 heteroatoms. The number of rotatable bonds is 1.